The molecule has 2 aromatic carbocycles. The molecule has 0 bridgehead atoms. The first-order chi connectivity index (χ1) is 14.2. The van der Waals surface area contributed by atoms with Gasteiger partial charge in [0.1, 0.15) is 17.3 Å². The monoisotopic (exact) mass is 407 g/mol. The Balaban J connectivity index is 1.58. The number of phenolic OH excluding ortho intramolecular Hbond substituents is 1. The minimum Gasteiger partial charge on any atom is -0.507 e. The van der Waals surface area contributed by atoms with Gasteiger partial charge in [-0.25, -0.2) is 9.78 Å². The van der Waals surface area contributed by atoms with Crippen LogP contribution in [0, 0.1) is 0 Å². The summed E-state index contributed by atoms with van der Waals surface area (Å²) in [6, 6.07) is 13.2. The molecular weight excluding hydrogens is 384 g/mol. The summed E-state index contributed by atoms with van der Waals surface area (Å²) in [6.07, 6.45) is 4.94. The van der Waals surface area contributed by atoms with Crippen LogP contribution in [0.3, 0.4) is 0 Å². The average molecular weight is 408 g/mol. The van der Waals surface area contributed by atoms with Crippen LogP contribution in [0.25, 0.3) is 31.8 Å². The number of thiazole rings is 1. The quantitative estimate of drug-likeness (QED) is 0.508. The molecule has 1 aliphatic rings. The summed E-state index contributed by atoms with van der Waals surface area (Å²) in [6.45, 7) is 2.85. The van der Waals surface area contributed by atoms with Gasteiger partial charge in [-0.05, 0) is 56.0 Å². The zero-order chi connectivity index (χ0) is 19.8. The van der Waals surface area contributed by atoms with Crippen molar-refractivity contribution in [3.8, 4) is 16.3 Å². The van der Waals surface area contributed by atoms with Gasteiger partial charge in [0.15, 0.2) is 5.58 Å². The number of aromatic hydroxyl groups is 1. The molecule has 4 aromatic rings. The predicted octanol–water partition coefficient (Wildman–Crippen LogP) is 3.73. The highest BCUT2D eigenvalue weighted by molar-refractivity contribution is 7.21. The van der Waals surface area contributed by atoms with Crippen molar-refractivity contribution in [1.82, 2.24) is 4.98 Å². The van der Waals surface area contributed by atoms with Crippen LogP contribution >= 0.6 is 11.3 Å². The number of nitrogens with zero attached hydrogens (tertiary/aromatic N) is 1. The molecule has 1 fully saturated rings. The third-order valence-corrected chi connectivity index (χ3v) is 6.81. The average Bonchev–Trinajstić information content (AvgIpc) is 2.99. The molecule has 0 spiro atoms. The number of hydrogen-bond acceptors (Lipinski definition) is 5. The number of quaternary nitrogens is 1. The fourth-order valence-electron chi connectivity index (χ4n) is 4.19. The molecule has 0 unspecified atom stereocenters. The number of likely N-dealkylation sites (tertiary alicyclic amines) is 1. The minimum atomic E-state index is -0.408. The zero-order valence-corrected chi connectivity index (χ0v) is 16.9. The maximum Gasteiger partial charge on any atom is 0.346 e. The first-order valence-electron chi connectivity index (χ1n) is 10.2. The number of fused-ring (bicyclic) bond motifs is 2. The lowest BCUT2D eigenvalue weighted by Gasteiger charge is -2.18. The van der Waals surface area contributed by atoms with Gasteiger partial charge in [0.25, 0.3) is 0 Å². The molecule has 0 saturated carbocycles. The van der Waals surface area contributed by atoms with Crippen LogP contribution in [-0.2, 0) is 6.54 Å². The largest absolute Gasteiger partial charge is 0.507 e. The Hall–Kier alpha value is -2.70. The second-order valence-corrected chi connectivity index (χ2v) is 8.79. The summed E-state index contributed by atoms with van der Waals surface area (Å²) in [5.41, 5.74) is 2.17. The molecule has 0 atom stereocenters. The molecule has 1 saturated heterocycles. The Morgan fingerprint density at radius 2 is 1.86 bits per heavy atom. The number of rotatable bonds is 3. The second-order valence-electron chi connectivity index (χ2n) is 7.76. The Morgan fingerprint density at radius 3 is 2.66 bits per heavy atom. The van der Waals surface area contributed by atoms with Gasteiger partial charge in [0.2, 0.25) is 0 Å². The van der Waals surface area contributed by atoms with E-state index >= 15 is 0 Å². The number of phenols is 1. The van der Waals surface area contributed by atoms with Crippen LogP contribution in [0.1, 0.15) is 31.2 Å². The Kier molecular flexibility index (Phi) is 4.81. The van der Waals surface area contributed by atoms with Crippen molar-refractivity contribution in [2.45, 2.75) is 32.2 Å². The van der Waals surface area contributed by atoms with Crippen molar-refractivity contribution in [2.75, 3.05) is 13.1 Å². The molecule has 148 valence electrons. The number of hydrogen-bond donors (Lipinski definition) is 2. The SMILES string of the molecule is O=c1oc2c(C[NH+]3CCCCCC3)c(O)ccc2cc1-c1nc2ccccc2s1. The minimum absolute atomic E-state index is 0.199. The van der Waals surface area contributed by atoms with Crippen LogP contribution in [-0.4, -0.2) is 23.2 Å². The first-order valence-corrected chi connectivity index (χ1v) is 11.0. The highest BCUT2D eigenvalue weighted by Gasteiger charge is 2.20. The van der Waals surface area contributed by atoms with E-state index in [0.29, 0.717) is 22.7 Å². The van der Waals surface area contributed by atoms with E-state index < -0.39 is 5.63 Å². The van der Waals surface area contributed by atoms with Crippen LogP contribution in [0.15, 0.2) is 51.7 Å². The van der Waals surface area contributed by atoms with Crippen molar-refractivity contribution in [3.63, 3.8) is 0 Å². The number of aromatic nitrogens is 1. The molecule has 29 heavy (non-hydrogen) atoms. The second kappa shape index (κ2) is 7.61. The fourth-order valence-corrected chi connectivity index (χ4v) is 5.16. The lowest BCUT2D eigenvalue weighted by atomic mass is 10.1. The van der Waals surface area contributed by atoms with Crippen molar-refractivity contribution in [2.24, 2.45) is 0 Å². The highest BCUT2D eigenvalue weighted by Crippen LogP contribution is 2.32. The van der Waals surface area contributed by atoms with Gasteiger partial charge >= 0.3 is 5.63 Å². The Labute approximate surface area is 172 Å². The first kappa shape index (κ1) is 18.3. The predicted molar refractivity (Wildman–Crippen MR) is 116 cm³/mol. The molecular formula is C23H23N2O3S+. The summed E-state index contributed by atoms with van der Waals surface area (Å²) in [4.78, 5) is 18.9. The van der Waals surface area contributed by atoms with Gasteiger partial charge in [-0.1, -0.05) is 12.1 Å². The molecule has 0 amide bonds. The Morgan fingerprint density at radius 1 is 1.07 bits per heavy atom. The van der Waals surface area contributed by atoms with E-state index in [1.165, 1.54) is 41.9 Å². The van der Waals surface area contributed by atoms with Gasteiger partial charge < -0.3 is 14.4 Å². The van der Waals surface area contributed by atoms with E-state index in [1.54, 1.807) is 6.07 Å². The molecule has 1 aliphatic heterocycles. The lowest BCUT2D eigenvalue weighted by Crippen LogP contribution is -3.10. The molecule has 0 aliphatic carbocycles. The molecule has 5 nitrogen and oxygen atoms in total. The van der Waals surface area contributed by atoms with E-state index in [2.05, 4.69) is 4.98 Å². The van der Waals surface area contributed by atoms with E-state index in [-0.39, 0.29) is 5.75 Å². The van der Waals surface area contributed by atoms with Gasteiger partial charge in [-0.2, -0.15) is 0 Å². The zero-order valence-electron chi connectivity index (χ0n) is 16.1. The number of benzene rings is 2. The van der Waals surface area contributed by atoms with Crippen molar-refractivity contribution in [1.29, 1.82) is 0 Å². The van der Waals surface area contributed by atoms with E-state index in [0.717, 1.165) is 34.3 Å². The molecule has 5 rings (SSSR count). The smallest absolute Gasteiger partial charge is 0.346 e. The fraction of sp³-hybridized carbons (Fsp3) is 0.304. The maximum absolute atomic E-state index is 12.8. The molecule has 2 N–H and O–H groups in total. The van der Waals surface area contributed by atoms with Crippen molar-refractivity contribution in [3.05, 3.63) is 58.4 Å². The van der Waals surface area contributed by atoms with E-state index in [9.17, 15) is 9.90 Å². The van der Waals surface area contributed by atoms with Gasteiger partial charge in [-0.15, -0.1) is 11.3 Å². The lowest BCUT2D eigenvalue weighted by molar-refractivity contribution is -0.913. The third kappa shape index (κ3) is 3.54. The van der Waals surface area contributed by atoms with E-state index in [1.807, 2.05) is 36.4 Å². The number of para-hydroxylation sites is 1. The van der Waals surface area contributed by atoms with Gasteiger partial charge in [0, 0.05) is 5.39 Å². The molecule has 6 heteroatoms. The number of nitrogens with one attached hydrogen (secondary N) is 1. The van der Waals surface area contributed by atoms with Crippen molar-refractivity contribution >= 4 is 32.5 Å². The molecule has 3 heterocycles. The highest BCUT2D eigenvalue weighted by atomic mass is 32.1. The topological polar surface area (TPSA) is 67.8 Å². The maximum atomic E-state index is 12.8. The van der Waals surface area contributed by atoms with Gasteiger partial charge in [-0.3, -0.25) is 0 Å². The Bertz CT molecular complexity index is 1200. The normalized spacial score (nSPS) is 15.7. The molecule has 2 aromatic heterocycles. The van der Waals surface area contributed by atoms with Crippen LogP contribution in [0.5, 0.6) is 5.75 Å². The summed E-state index contributed by atoms with van der Waals surface area (Å²) in [5, 5.41) is 12.0. The third-order valence-electron chi connectivity index (χ3n) is 5.74. The van der Waals surface area contributed by atoms with Crippen LogP contribution < -0.4 is 10.5 Å². The van der Waals surface area contributed by atoms with E-state index in [4.69, 9.17) is 4.42 Å². The summed E-state index contributed by atoms with van der Waals surface area (Å²) < 4.78 is 6.81. The standard InChI is InChI=1S/C23H22N2O3S/c26-19-10-9-15-13-16(22-24-18-7-3-4-8-20(18)29-22)23(27)28-21(15)17(19)14-25-11-5-1-2-6-12-25/h3-4,7-10,13,26H,1-2,5-6,11-12,14H2/p+1. The van der Waals surface area contributed by atoms with Crippen molar-refractivity contribution < 1.29 is 14.4 Å². The summed E-state index contributed by atoms with van der Waals surface area (Å²) in [7, 11) is 0. The van der Waals surface area contributed by atoms with Gasteiger partial charge in [0.05, 0.1) is 34.4 Å². The van der Waals surface area contributed by atoms with Crippen LogP contribution in [0.2, 0.25) is 0 Å². The van der Waals surface area contributed by atoms with Crippen LogP contribution in [0.4, 0.5) is 0 Å². The summed E-state index contributed by atoms with van der Waals surface area (Å²) in [5.74, 6) is 0.199. The summed E-state index contributed by atoms with van der Waals surface area (Å²) >= 11 is 1.49. The molecule has 0 radical (unpaired) electrons.